The van der Waals surface area contributed by atoms with Gasteiger partial charge in [-0.3, -0.25) is 0 Å². The molecule has 0 heterocycles. The number of hydrogen-bond acceptors (Lipinski definition) is 3. The zero-order valence-corrected chi connectivity index (χ0v) is 4.85. The van der Waals surface area contributed by atoms with E-state index >= 15 is 0 Å². The molecular weight excluding hydrogens is 94.0 g/mol. The summed E-state index contributed by atoms with van der Waals surface area (Å²) in [6, 6.07) is 0. The minimum absolute atomic E-state index is 0.250. The van der Waals surface area contributed by atoms with Gasteiger partial charge in [0.1, 0.15) is 0 Å². The average molecular weight is 107 g/mol. The molecule has 0 bridgehead atoms. The lowest BCUT2D eigenvalue weighted by molar-refractivity contribution is 0.152. The molecule has 7 heavy (non-hydrogen) atoms. The van der Waals surface area contributed by atoms with E-state index in [1.54, 1.807) is 6.92 Å². The van der Waals surface area contributed by atoms with Crippen LogP contribution in [0.25, 0.3) is 0 Å². The minimum Gasteiger partial charge on any atom is -0.397 e. The molecule has 3 N–H and O–H groups in total. The lowest BCUT2D eigenvalue weighted by Crippen LogP contribution is -1.94. The van der Waals surface area contributed by atoms with Crippen LogP contribution in [0.15, 0.2) is 0 Å². The summed E-state index contributed by atoms with van der Waals surface area (Å²) in [5, 5.41) is 7.57. The fourth-order valence-electron chi connectivity index (χ4n) is 0. The predicted octanol–water partition coefficient (Wildman–Crippen LogP) is -0.105. The second-order valence-corrected chi connectivity index (χ2v) is 0.772. The maximum Gasteiger partial charge on any atom is 0.0651 e. The van der Waals surface area contributed by atoms with Crippen LogP contribution in [-0.4, -0.2) is 18.3 Å². The number of nitrogens with two attached hydrogens (primary N) is 1. The summed E-state index contributed by atoms with van der Waals surface area (Å²) in [5.41, 5.74) is 0. The van der Waals surface area contributed by atoms with Crippen molar-refractivity contribution in [2.45, 2.75) is 13.8 Å². The Morgan fingerprint density at radius 1 is 1.57 bits per heavy atom. The van der Waals surface area contributed by atoms with Crippen molar-refractivity contribution in [3.63, 3.8) is 0 Å². The van der Waals surface area contributed by atoms with Crippen LogP contribution in [-0.2, 0) is 4.84 Å². The van der Waals surface area contributed by atoms with Crippen LogP contribution in [0, 0.1) is 0 Å². The molecule has 0 fully saturated rings. The molecule has 0 aliphatic carbocycles. The summed E-state index contributed by atoms with van der Waals surface area (Å²) < 4.78 is 0. The maximum atomic E-state index is 7.57. The summed E-state index contributed by atoms with van der Waals surface area (Å²) in [6.07, 6.45) is 0. The monoisotopic (exact) mass is 107 g/mol. The van der Waals surface area contributed by atoms with Gasteiger partial charge in [0.2, 0.25) is 0 Å². The molecule has 3 nitrogen and oxygen atoms in total. The predicted molar refractivity (Wildman–Crippen MR) is 28.6 cm³/mol. The van der Waals surface area contributed by atoms with E-state index < -0.39 is 0 Å². The quantitative estimate of drug-likeness (QED) is 0.460. The van der Waals surface area contributed by atoms with Gasteiger partial charge in [0.15, 0.2) is 0 Å². The standard InChI is InChI=1S/C2H7NO.C2H6O/c1-2-4-3;1-2-3/h2-3H2,1H3;3H,2H2,1H3. The zero-order chi connectivity index (χ0) is 6.12. The molecular formula is C4H13NO2. The van der Waals surface area contributed by atoms with Gasteiger partial charge in [-0.1, -0.05) is 0 Å². The van der Waals surface area contributed by atoms with Crippen LogP contribution in [0.1, 0.15) is 13.8 Å². The Kier molecular flexibility index (Phi) is 24.1. The molecule has 0 saturated carbocycles. The van der Waals surface area contributed by atoms with Crippen LogP contribution in [0.2, 0.25) is 0 Å². The lowest BCUT2D eigenvalue weighted by atomic mass is 10.9. The van der Waals surface area contributed by atoms with Crippen molar-refractivity contribution in [3.05, 3.63) is 0 Å². The van der Waals surface area contributed by atoms with Gasteiger partial charge in [-0.05, 0) is 13.8 Å². The van der Waals surface area contributed by atoms with Crippen LogP contribution in [0.3, 0.4) is 0 Å². The Morgan fingerprint density at radius 2 is 1.71 bits per heavy atom. The Hall–Kier alpha value is -0.120. The largest absolute Gasteiger partial charge is 0.397 e. The van der Waals surface area contributed by atoms with E-state index in [9.17, 15) is 0 Å². The number of rotatable bonds is 1. The summed E-state index contributed by atoms with van der Waals surface area (Å²) >= 11 is 0. The summed E-state index contributed by atoms with van der Waals surface area (Å²) in [4.78, 5) is 4.04. The molecule has 0 aromatic carbocycles. The highest BCUT2D eigenvalue weighted by Crippen LogP contribution is 1.46. The third-order valence-corrected chi connectivity index (χ3v) is 0.167. The fraction of sp³-hybridized carbons (Fsp3) is 1.00. The first kappa shape index (κ1) is 9.99. The van der Waals surface area contributed by atoms with E-state index in [4.69, 9.17) is 5.11 Å². The lowest BCUT2D eigenvalue weighted by Gasteiger charge is -1.76. The highest BCUT2D eigenvalue weighted by Gasteiger charge is 1.52. The van der Waals surface area contributed by atoms with Crippen LogP contribution in [0.5, 0.6) is 0 Å². The summed E-state index contributed by atoms with van der Waals surface area (Å²) in [5.74, 6) is 4.53. The molecule has 0 rings (SSSR count). The van der Waals surface area contributed by atoms with Crippen LogP contribution in [0.4, 0.5) is 0 Å². The number of hydrogen-bond donors (Lipinski definition) is 2. The van der Waals surface area contributed by atoms with Gasteiger partial charge in [-0.25, -0.2) is 5.90 Å². The van der Waals surface area contributed by atoms with E-state index in [-0.39, 0.29) is 6.61 Å². The van der Waals surface area contributed by atoms with Crippen molar-refractivity contribution in [1.29, 1.82) is 0 Å². The number of aliphatic hydroxyl groups is 1. The van der Waals surface area contributed by atoms with E-state index in [1.807, 2.05) is 6.92 Å². The topological polar surface area (TPSA) is 55.5 Å². The van der Waals surface area contributed by atoms with Gasteiger partial charge in [-0.2, -0.15) is 0 Å². The molecule has 0 amide bonds. The first-order valence-corrected chi connectivity index (χ1v) is 2.25. The van der Waals surface area contributed by atoms with Gasteiger partial charge >= 0.3 is 0 Å². The van der Waals surface area contributed by atoms with Gasteiger partial charge in [-0.15, -0.1) is 0 Å². The normalized spacial score (nSPS) is 6.86. The second kappa shape index (κ2) is 16.9. The van der Waals surface area contributed by atoms with Crippen molar-refractivity contribution in [1.82, 2.24) is 0 Å². The fourth-order valence-corrected chi connectivity index (χ4v) is 0. The SMILES string of the molecule is CCO.CCON. The Morgan fingerprint density at radius 3 is 1.71 bits per heavy atom. The highest BCUT2D eigenvalue weighted by molar-refractivity contribution is 3.91. The molecule has 0 spiro atoms. The first-order chi connectivity index (χ1) is 3.33. The van der Waals surface area contributed by atoms with E-state index in [2.05, 4.69) is 10.7 Å². The summed E-state index contributed by atoms with van der Waals surface area (Å²) in [6.45, 7) is 4.36. The van der Waals surface area contributed by atoms with Gasteiger partial charge in [0.25, 0.3) is 0 Å². The average Bonchev–Trinajstić information content (AvgIpc) is 1.69. The van der Waals surface area contributed by atoms with Crippen molar-refractivity contribution in [3.8, 4) is 0 Å². The molecule has 0 atom stereocenters. The van der Waals surface area contributed by atoms with Crippen molar-refractivity contribution < 1.29 is 9.94 Å². The highest BCUT2D eigenvalue weighted by atomic mass is 16.6. The minimum atomic E-state index is 0.250. The zero-order valence-electron chi connectivity index (χ0n) is 4.85. The van der Waals surface area contributed by atoms with E-state index in [0.717, 1.165) is 0 Å². The van der Waals surface area contributed by atoms with Crippen molar-refractivity contribution in [2.75, 3.05) is 13.2 Å². The molecule has 0 unspecified atom stereocenters. The van der Waals surface area contributed by atoms with Gasteiger partial charge in [0.05, 0.1) is 6.61 Å². The van der Waals surface area contributed by atoms with Crippen molar-refractivity contribution in [2.24, 2.45) is 5.90 Å². The third-order valence-electron chi connectivity index (χ3n) is 0.167. The van der Waals surface area contributed by atoms with E-state index in [1.165, 1.54) is 0 Å². The number of aliphatic hydroxyl groups excluding tert-OH is 1. The van der Waals surface area contributed by atoms with Crippen LogP contribution >= 0.6 is 0 Å². The Balaban J connectivity index is 0. The molecule has 0 aromatic heterocycles. The Labute approximate surface area is 44.0 Å². The molecule has 0 aromatic rings. The first-order valence-electron chi connectivity index (χ1n) is 2.25. The third kappa shape index (κ3) is 114. The van der Waals surface area contributed by atoms with Gasteiger partial charge in [0, 0.05) is 6.61 Å². The van der Waals surface area contributed by atoms with Crippen LogP contribution < -0.4 is 5.90 Å². The van der Waals surface area contributed by atoms with Gasteiger partial charge < -0.3 is 9.94 Å². The summed E-state index contributed by atoms with van der Waals surface area (Å²) in [7, 11) is 0. The molecule has 3 heteroatoms. The van der Waals surface area contributed by atoms with Crippen molar-refractivity contribution >= 4 is 0 Å². The smallest absolute Gasteiger partial charge is 0.0651 e. The molecule has 46 valence electrons. The maximum absolute atomic E-state index is 7.57. The Bertz CT molecular complexity index is 17.2. The molecule has 0 saturated heterocycles. The second-order valence-electron chi connectivity index (χ2n) is 0.772. The molecule has 0 aliphatic heterocycles. The van der Waals surface area contributed by atoms with E-state index in [0.29, 0.717) is 6.61 Å². The molecule has 0 radical (unpaired) electrons. The molecule has 0 aliphatic rings.